The van der Waals surface area contributed by atoms with Gasteiger partial charge in [0.2, 0.25) is 0 Å². The van der Waals surface area contributed by atoms with Crippen molar-refractivity contribution in [2.45, 2.75) is 25.3 Å². The summed E-state index contributed by atoms with van der Waals surface area (Å²) in [4.78, 5) is 2.42. The average Bonchev–Trinajstić information content (AvgIpc) is 2.48. The number of nitrogens with one attached hydrogen (secondary N) is 1. The van der Waals surface area contributed by atoms with Crippen molar-refractivity contribution in [3.63, 3.8) is 0 Å². The van der Waals surface area contributed by atoms with Gasteiger partial charge in [0.15, 0.2) is 0 Å². The van der Waals surface area contributed by atoms with Crippen LogP contribution in [0.25, 0.3) is 0 Å². The average molecular weight is 276 g/mol. The minimum Gasteiger partial charge on any atom is -0.383 e. The van der Waals surface area contributed by atoms with E-state index in [1.165, 1.54) is 31.5 Å². The van der Waals surface area contributed by atoms with Crippen molar-refractivity contribution in [2.75, 3.05) is 40.4 Å². The first-order chi connectivity index (χ1) is 9.78. The lowest BCUT2D eigenvalue weighted by atomic mass is 9.96. The predicted molar refractivity (Wildman–Crippen MR) is 84.0 cm³/mol. The molecule has 2 rings (SSSR count). The Hall–Kier alpha value is -0.900. The van der Waals surface area contributed by atoms with E-state index in [1.54, 1.807) is 7.11 Å². The summed E-state index contributed by atoms with van der Waals surface area (Å²) < 4.78 is 5.36. The first kappa shape index (κ1) is 15.5. The SMILES string of the molecule is COC[C@H](Cc1ccccc1)NCC1CCN(C)CC1. The summed E-state index contributed by atoms with van der Waals surface area (Å²) in [5.41, 5.74) is 1.38. The second-order valence-electron chi connectivity index (χ2n) is 6.00. The summed E-state index contributed by atoms with van der Waals surface area (Å²) in [7, 11) is 4.00. The molecular formula is C17H28N2O. The fourth-order valence-corrected chi connectivity index (χ4v) is 2.89. The van der Waals surface area contributed by atoms with Gasteiger partial charge in [-0.1, -0.05) is 30.3 Å². The maximum Gasteiger partial charge on any atom is 0.0619 e. The van der Waals surface area contributed by atoms with Crippen LogP contribution >= 0.6 is 0 Å². The Kier molecular flexibility index (Phi) is 6.51. The number of ether oxygens (including phenoxy) is 1. The molecule has 0 radical (unpaired) electrons. The minimum absolute atomic E-state index is 0.419. The van der Waals surface area contributed by atoms with Crippen molar-refractivity contribution in [2.24, 2.45) is 5.92 Å². The van der Waals surface area contributed by atoms with Gasteiger partial charge < -0.3 is 15.0 Å². The zero-order valence-corrected chi connectivity index (χ0v) is 12.8. The van der Waals surface area contributed by atoms with E-state index in [9.17, 15) is 0 Å². The molecular weight excluding hydrogens is 248 g/mol. The predicted octanol–water partition coefficient (Wildman–Crippen LogP) is 2.18. The van der Waals surface area contributed by atoms with Crippen molar-refractivity contribution in [1.82, 2.24) is 10.2 Å². The Labute approximate surface area is 123 Å². The number of likely N-dealkylation sites (tertiary alicyclic amines) is 1. The lowest BCUT2D eigenvalue weighted by Gasteiger charge is -2.30. The molecule has 1 atom stereocenters. The highest BCUT2D eigenvalue weighted by Gasteiger charge is 2.18. The van der Waals surface area contributed by atoms with Gasteiger partial charge in [0.05, 0.1) is 6.61 Å². The third-order valence-electron chi connectivity index (χ3n) is 4.23. The van der Waals surface area contributed by atoms with E-state index in [0.717, 1.165) is 25.5 Å². The highest BCUT2D eigenvalue weighted by molar-refractivity contribution is 5.15. The van der Waals surface area contributed by atoms with E-state index in [0.29, 0.717) is 6.04 Å². The van der Waals surface area contributed by atoms with Gasteiger partial charge in [-0.3, -0.25) is 0 Å². The fraction of sp³-hybridized carbons (Fsp3) is 0.647. The van der Waals surface area contributed by atoms with Gasteiger partial charge in [-0.05, 0) is 57.4 Å². The lowest BCUT2D eigenvalue weighted by Crippen LogP contribution is -2.41. The number of hydrogen-bond donors (Lipinski definition) is 1. The molecule has 0 amide bonds. The van der Waals surface area contributed by atoms with Gasteiger partial charge in [0.25, 0.3) is 0 Å². The van der Waals surface area contributed by atoms with E-state index < -0.39 is 0 Å². The molecule has 1 aliphatic heterocycles. The molecule has 0 bridgehead atoms. The zero-order valence-electron chi connectivity index (χ0n) is 12.8. The zero-order chi connectivity index (χ0) is 14.2. The van der Waals surface area contributed by atoms with E-state index >= 15 is 0 Å². The molecule has 112 valence electrons. The number of hydrogen-bond acceptors (Lipinski definition) is 3. The van der Waals surface area contributed by atoms with Gasteiger partial charge in [0, 0.05) is 13.2 Å². The standard InChI is InChI=1S/C17H28N2O/c1-19-10-8-16(9-11-19)13-18-17(14-20-2)12-15-6-4-3-5-7-15/h3-7,16-18H,8-14H2,1-2H3/t17-/m0/s1. The van der Waals surface area contributed by atoms with Crippen LogP contribution in [0.15, 0.2) is 30.3 Å². The highest BCUT2D eigenvalue weighted by Crippen LogP contribution is 2.15. The molecule has 1 aliphatic rings. The smallest absolute Gasteiger partial charge is 0.0619 e. The minimum atomic E-state index is 0.419. The number of benzene rings is 1. The van der Waals surface area contributed by atoms with Crippen LogP contribution in [0.1, 0.15) is 18.4 Å². The van der Waals surface area contributed by atoms with Crippen molar-refractivity contribution in [3.05, 3.63) is 35.9 Å². The van der Waals surface area contributed by atoms with Gasteiger partial charge in [-0.25, -0.2) is 0 Å². The van der Waals surface area contributed by atoms with Crippen LogP contribution in [0.2, 0.25) is 0 Å². The molecule has 1 saturated heterocycles. The normalized spacial score (nSPS) is 19.1. The van der Waals surface area contributed by atoms with Crippen molar-refractivity contribution in [1.29, 1.82) is 0 Å². The molecule has 0 spiro atoms. The van der Waals surface area contributed by atoms with Crippen molar-refractivity contribution >= 4 is 0 Å². The molecule has 1 aromatic carbocycles. The van der Waals surface area contributed by atoms with Crippen LogP contribution in [-0.4, -0.2) is 51.3 Å². The van der Waals surface area contributed by atoms with Gasteiger partial charge in [-0.2, -0.15) is 0 Å². The Morgan fingerprint density at radius 1 is 1.25 bits per heavy atom. The van der Waals surface area contributed by atoms with E-state index in [4.69, 9.17) is 4.74 Å². The maximum absolute atomic E-state index is 5.36. The molecule has 0 saturated carbocycles. The van der Waals surface area contributed by atoms with E-state index in [-0.39, 0.29) is 0 Å². The Morgan fingerprint density at radius 3 is 2.60 bits per heavy atom. The Morgan fingerprint density at radius 2 is 1.95 bits per heavy atom. The summed E-state index contributed by atoms with van der Waals surface area (Å²) in [5.74, 6) is 0.821. The van der Waals surface area contributed by atoms with Gasteiger partial charge in [-0.15, -0.1) is 0 Å². The van der Waals surface area contributed by atoms with Crippen LogP contribution in [0.3, 0.4) is 0 Å². The van der Waals surface area contributed by atoms with Crippen LogP contribution in [0.4, 0.5) is 0 Å². The molecule has 1 heterocycles. The third-order valence-corrected chi connectivity index (χ3v) is 4.23. The molecule has 0 aliphatic carbocycles. The number of nitrogens with zero attached hydrogens (tertiary/aromatic N) is 1. The first-order valence-corrected chi connectivity index (χ1v) is 7.72. The monoisotopic (exact) mass is 276 g/mol. The van der Waals surface area contributed by atoms with Gasteiger partial charge >= 0.3 is 0 Å². The van der Waals surface area contributed by atoms with Crippen molar-refractivity contribution < 1.29 is 4.74 Å². The second-order valence-corrected chi connectivity index (χ2v) is 6.00. The summed E-state index contributed by atoms with van der Waals surface area (Å²) in [6.45, 7) is 4.37. The topological polar surface area (TPSA) is 24.5 Å². The van der Waals surface area contributed by atoms with E-state index in [2.05, 4.69) is 47.6 Å². The van der Waals surface area contributed by atoms with Crippen LogP contribution in [0, 0.1) is 5.92 Å². The number of methoxy groups -OCH3 is 1. The molecule has 1 aromatic rings. The third kappa shape index (κ3) is 5.23. The van der Waals surface area contributed by atoms with Crippen molar-refractivity contribution in [3.8, 4) is 0 Å². The molecule has 0 unspecified atom stereocenters. The Bertz CT molecular complexity index is 361. The molecule has 1 fully saturated rings. The molecule has 20 heavy (non-hydrogen) atoms. The summed E-state index contributed by atoms with van der Waals surface area (Å²) >= 11 is 0. The number of rotatable bonds is 7. The first-order valence-electron chi connectivity index (χ1n) is 7.72. The molecule has 1 N–H and O–H groups in total. The molecule has 3 nitrogen and oxygen atoms in total. The largest absolute Gasteiger partial charge is 0.383 e. The summed E-state index contributed by atoms with van der Waals surface area (Å²) in [6, 6.07) is 11.1. The molecule has 3 heteroatoms. The fourth-order valence-electron chi connectivity index (χ4n) is 2.89. The second kappa shape index (κ2) is 8.40. The maximum atomic E-state index is 5.36. The van der Waals surface area contributed by atoms with E-state index in [1.807, 2.05) is 0 Å². The van der Waals surface area contributed by atoms with Gasteiger partial charge in [0.1, 0.15) is 0 Å². The summed E-state index contributed by atoms with van der Waals surface area (Å²) in [5, 5.41) is 3.71. The van der Waals surface area contributed by atoms with Crippen LogP contribution in [-0.2, 0) is 11.2 Å². The lowest BCUT2D eigenvalue weighted by molar-refractivity contribution is 0.156. The quantitative estimate of drug-likeness (QED) is 0.826. The summed E-state index contributed by atoms with van der Waals surface area (Å²) in [6.07, 6.45) is 3.67. The number of piperidine rings is 1. The Balaban J connectivity index is 1.77. The van der Waals surface area contributed by atoms with Crippen LogP contribution in [0.5, 0.6) is 0 Å². The van der Waals surface area contributed by atoms with Crippen LogP contribution < -0.4 is 5.32 Å². The molecule has 0 aromatic heterocycles. The highest BCUT2D eigenvalue weighted by atomic mass is 16.5.